The molecule has 148 valence electrons. The van der Waals surface area contributed by atoms with Crippen molar-refractivity contribution < 1.29 is 28.6 Å². The second kappa shape index (κ2) is 9.40. The summed E-state index contributed by atoms with van der Waals surface area (Å²) in [5, 5.41) is 0. The molecular weight excluding hydrogens is 364 g/mol. The first-order valence-corrected chi connectivity index (χ1v) is 8.49. The summed E-state index contributed by atoms with van der Waals surface area (Å²) < 4.78 is 15.4. The van der Waals surface area contributed by atoms with Crippen LogP contribution in [0.15, 0.2) is 42.5 Å². The summed E-state index contributed by atoms with van der Waals surface area (Å²) in [5.74, 6) is -0.626. The van der Waals surface area contributed by atoms with Crippen LogP contribution in [0, 0.1) is 0 Å². The third-order valence-corrected chi connectivity index (χ3v) is 3.65. The number of hydrogen-bond acceptors (Lipinski definition) is 6. The van der Waals surface area contributed by atoms with Gasteiger partial charge in [0.25, 0.3) is 11.8 Å². The van der Waals surface area contributed by atoms with E-state index >= 15 is 0 Å². The number of rotatable bonds is 6. The lowest BCUT2D eigenvalue weighted by atomic mass is 10.1. The molecule has 0 heterocycles. The van der Waals surface area contributed by atoms with Crippen molar-refractivity contribution in [2.24, 2.45) is 0 Å². The van der Waals surface area contributed by atoms with Crippen LogP contribution in [0.2, 0.25) is 0 Å². The largest absolute Gasteiger partial charge is 0.493 e. The fourth-order valence-corrected chi connectivity index (χ4v) is 2.29. The molecule has 0 bridgehead atoms. The fourth-order valence-electron chi connectivity index (χ4n) is 2.29. The highest BCUT2D eigenvalue weighted by Gasteiger charge is 2.14. The summed E-state index contributed by atoms with van der Waals surface area (Å²) in [6, 6.07) is 10.5. The van der Waals surface area contributed by atoms with E-state index in [0.717, 1.165) is 0 Å². The molecule has 8 heteroatoms. The number of hydrogen-bond donors (Lipinski definition) is 2. The van der Waals surface area contributed by atoms with E-state index < -0.39 is 17.8 Å². The van der Waals surface area contributed by atoms with Crippen molar-refractivity contribution in [2.45, 2.75) is 20.0 Å². The van der Waals surface area contributed by atoms with Crippen LogP contribution in [-0.4, -0.2) is 38.1 Å². The van der Waals surface area contributed by atoms with Gasteiger partial charge in [-0.3, -0.25) is 20.4 Å². The molecule has 0 aliphatic carbocycles. The van der Waals surface area contributed by atoms with Gasteiger partial charge in [-0.1, -0.05) is 0 Å². The van der Waals surface area contributed by atoms with E-state index in [1.165, 1.54) is 44.6 Å². The first-order valence-electron chi connectivity index (χ1n) is 8.49. The normalized spacial score (nSPS) is 10.2. The number of benzene rings is 2. The second-order valence-electron chi connectivity index (χ2n) is 6.01. The summed E-state index contributed by atoms with van der Waals surface area (Å²) in [7, 11) is 2.75. The van der Waals surface area contributed by atoms with Gasteiger partial charge in [0.05, 0.1) is 25.9 Å². The average Bonchev–Trinajstić information content (AvgIpc) is 2.71. The van der Waals surface area contributed by atoms with Gasteiger partial charge >= 0.3 is 5.97 Å². The maximum Gasteiger partial charge on any atom is 0.337 e. The Morgan fingerprint density at radius 2 is 1.32 bits per heavy atom. The molecule has 0 saturated carbocycles. The van der Waals surface area contributed by atoms with Crippen molar-refractivity contribution in [1.29, 1.82) is 0 Å². The highest BCUT2D eigenvalue weighted by atomic mass is 16.5. The maximum absolute atomic E-state index is 12.3. The standard InChI is InChI=1S/C20H22N2O6/c1-12(2)28-16-10-9-15(11-17(16)26-3)19(24)22-21-18(23)13-5-7-14(8-6-13)20(25)27-4/h5-12H,1-4H3,(H,21,23)(H,22,24). The van der Waals surface area contributed by atoms with Crippen molar-refractivity contribution in [2.75, 3.05) is 14.2 Å². The molecule has 2 aromatic carbocycles. The molecule has 0 aliphatic heterocycles. The maximum atomic E-state index is 12.3. The van der Waals surface area contributed by atoms with Gasteiger partial charge in [-0.05, 0) is 56.3 Å². The van der Waals surface area contributed by atoms with Crippen LogP contribution in [0.5, 0.6) is 11.5 Å². The number of carbonyl (C=O) groups excluding carboxylic acids is 3. The van der Waals surface area contributed by atoms with E-state index in [-0.39, 0.29) is 17.2 Å². The molecule has 28 heavy (non-hydrogen) atoms. The molecule has 0 spiro atoms. The zero-order chi connectivity index (χ0) is 20.7. The summed E-state index contributed by atoms with van der Waals surface area (Å²) >= 11 is 0. The SMILES string of the molecule is COC(=O)c1ccc(C(=O)NNC(=O)c2ccc(OC(C)C)c(OC)c2)cc1. The van der Waals surface area contributed by atoms with Crippen LogP contribution >= 0.6 is 0 Å². The van der Waals surface area contributed by atoms with Gasteiger partial charge in [-0.2, -0.15) is 0 Å². The predicted molar refractivity (Wildman–Crippen MR) is 101 cm³/mol. The van der Waals surface area contributed by atoms with Crippen LogP contribution < -0.4 is 20.3 Å². The molecule has 0 saturated heterocycles. The number of hydrazine groups is 1. The molecule has 2 N–H and O–H groups in total. The monoisotopic (exact) mass is 386 g/mol. The Morgan fingerprint density at radius 1 is 0.786 bits per heavy atom. The molecular formula is C20H22N2O6. The van der Waals surface area contributed by atoms with Gasteiger partial charge in [-0.25, -0.2) is 4.79 Å². The number of ether oxygens (including phenoxy) is 3. The molecule has 0 aliphatic rings. The van der Waals surface area contributed by atoms with Crippen molar-refractivity contribution in [3.63, 3.8) is 0 Å². The molecule has 0 fully saturated rings. The minimum atomic E-state index is -0.531. The van der Waals surface area contributed by atoms with E-state index in [9.17, 15) is 14.4 Å². The molecule has 0 atom stereocenters. The highest BCUT2D eigenvalue weighted by Crippen LogP contribution is 2.28. The van der Waals surface area contributed by atoms with Gasteiger partial charge in [0, 0.05) is 11.1 Å². The van der Waals surface area contributed by atoms with E-state index in [0.29, 0.717) is 17.1 Å². The van der Waals surface area contributed by atoms with Gasteiger partial charge < -0.3 is 14.2 Å². The Bertz CT molecular complexity index is 861. The Hall–Kier alpha value is -3.55. The van der Waals surface area contributed by atoms with Crippen LogP contribution in [0.3, 0.4) is 0 Å². The highest BCUT2D eigenvalue weighted by molar-refractivity contribution is 6.00. The lowest BCUT2D eigenvalue weighted by Crippen LogP contribution is -2.41. The number of carbonyl (C=O) groups is 3. The van der Waals surface area contributed by atoms with Gasteiger partial charge in [-0.15, -0.1) is 0 Å². The molecule has 2 aromatic rings. The molecule has 8 nitrogen and oxygen atoms in total. The zero-order valence-corrected chi connectivity index (χ0v) is 16.1. The van der Waals surface area contributed by atoms with Crippen LogP contribution in [0.1, 0.15) is 44.9 Å². The molecule has 0 unspecified atom stereocenters. The van der Waals surface area contributed by atoms with Gasteiger partial charge in [0.15, 0.2) is 11.5 Å². The number of methoxy groups -OCH3 is 2. The lowest BCUT2D eigenvalue weighted by molar-refractivity contribution is 0.0600. The van der Waals surface area contributed by atoms with E-state index in [1.807, 2.05) is 13.8 Å². The Morgan fingerprint density at radius 3 is 1.86 bits per heavy atom. The third kappa shape index (κ3) is 5.23. The topological polar surface area (TPSA) is 103 Å². The third-order valence-electron chi connectivity index (χ3n) is 3.65. The Kier molecular flexibility index (Phi) is 6.97. The van der Waals surface area contributed by atoms with Crippen molar-refractivity contribution in [1.82, 2.24) is 10.9 Å². The van der Waals surface area contributed by atoms with E-state index in [4.69, 9.17) is 9.47 Å². The van der Waals surface area contributed by atoms with Crippen LogP contribution in [0.4, 0.5) is 0 Å². The Labute approximate surface area is 162 Å². The second-order valence-corrected chi connectivity index (χ2v) is 6.01. The van der Waals surface area contributed by atoms with E-state index in [2.05, 4.69) is 15.6 Å². The van der Waals surface area contributed by atoms with Crippen molar-refractivity contribution >= 4 is 17.8 Å². The van der Waals surface area contributed by atoms with Gasteiger partial charge in [0.1, 0.15) is 0 Å². The first kappa shape index (κ1) is 20.8. The molecule has 2 rings (SSSR count). The minimum absolute atomic E-state index is 0.0431. The number of amides is 2. The first-order chi connectivity index (χ1) is 13.3. The lowest BCUT2D eigenvalue weighted by Gasteiger charge is -2.14. The summed E-state index contributed by atoms with van der Waals surface area (Å²) in [6.07, 6.45) is -0.0431. The van der Waals surface area contributed by atoms with Crippen molar-refractivity contribution in [3.05, 3.63) is 59.2 Å². The summed E-state index contributed by atoms with van der Waals surface area (Å²) in [5.41, 5.74) is 5.52. The van der Waals surface area contributed by atoms with Crippen LogP contribution in [-0.2, 0) is 4.74 Å². The molecule has 0 radical (unpaired) electrons. The van der Waals surface area contributed by atoms with Crippen molar-refractivity contribution in [3.8, 4) is 11.5 Å². The van der Waals surface area contributed by atoms with Crippen LogP contribution in [0.25, 0.3) is 0 Å². The van der Waals surface area contributed by atoms with Gasteiger partial charge in [0.2, 0.25) is 0 Å². The van der Waals surface area contributed by atoms with E-state index in [1.54, 1.807) is 12.1 Å². The molecule has 0 aromatic heterocycles. The zero-order valence-electron chi connectivity index (χ0n) is 16.1. The average molecular weight is 386 g/mol. The predicted octanol–water partition coefficient (Wildman–Crippen LogP) is 2.34. The summed E-state index contributed by atoms with van der Waals surface area (Å²) in [4.78, 5) is 35.8. The smallest absolute Gasteiger partial charge is 0.337 e. The Balaban J connectivity index is 2.01. The summed E-state index contributed by atoms with van der Waals surface area (Å²) in [6.45, 7) is 3.76. The quantitative estimate of drug-likeness (QED) is 0.584. The minimum Gasteiger partial charge on any atom is -0.493 e. The number of esters is 1. The number of nitrogens with one attached hydrogen (secondary N) is 2. The molecule has 2 amide bonds. The fraction of sp³-hybridized carbons (Fsp3) is 0.250.